The third-order valence-electron chi connectivity index (χ3n) is 1.80. The van der Waals surface area contributed by atoms with Gasteiger partial charge in [0.1, 0.15) is 0 Å². The highest BCUT2D eigenvalue weighted by atomic mass is 79.9. The van der Waals surface area contributed by atoms with Gasteiger partial charge in [-0.25, -0.2) is 9.59 Å². The highest BCUT2D eigenvalue weighted by Crippen LogP contribution is 2.21. The minimum Gasteiger partial charge on any atom is -0.478 e. The number of carbonyl (C=O) groups excluding carboxylic acids is 1. The number of aromatic carboxylic acids is 1. The standard InChI is InChI=1S/C6H5BrO2S.C5H3BrO2S/c1-9-6(8)4-2-5(7)10-3-4;6-4-1-3(2-9-4)5(7)8/h2-3H,1H3;1-2H,(H,7,8). The zero-order valence-electron chi connectivity index (χ0n) is 9.55. The van der Waals surface area contributed by atoms with Gasteiger partial charge in [0.25, 0.3) is 0 Å². The first-order valence-electron chi connectivity index (χ1n) is 4.73. The van der Waals surface area contributed by atoms with Gasteiger partial charge in [0, 0.05) is 10.8 Å². The zero-order valence-corrected chi connectivity index (χ0v) is 14.4. The molecule has 0 radical (unpaired) electrons. The van der Waals surface area contributed by atoms with E-state index in [1.807, 2.05) is 0 Å². The van der Waals surface area contributed by atoms with Crippen LogP contribution < -0.4 is 0 Å². The normalized spacial score (nSPS) is 9.42. The van der Waals surface area contributed by atoms with Crippen LogP contribution in [0.3, 0.4) is 0 Å². The molecule has 4 nitrogen and oxygen atoms in total. The fraction of sp³-hybridized carbons (Fsp3) is 0.0909. The van der Waals surface area contributed by atoms with E-state index >= 15 is 0 Å². The van der Waals surface area contributed by atoms with Gasteiger partial charge in [-0.1, -0.05) is 0 Å². The second-order valence-electron chi connectivity index (χ2n) is 3.08. The molecular formula is C11H8Br2O4S2. The molecule has 0 saturated carbocycles. The van der Waals surface area contributed by atoms with Crippen LogP contribution in [0.15, 0.2) is 30.5 Å². The maximum absolute atomic E-state index is 10.8. The van der Waals surface area contributed by atoms with Crippen LogP contribution in [-0.4, -0.2) is 24.2 Å². The predicted octanol–water partition coefficient (Wildman–Crippen LogP) is 4.51. The summed E-state index contributed by atoms with van der Waals surface area (Å²) >= 11 is 9.23. The molecule has 1 N–H and O–H groups in total. The van der Waals surface area contributed by atoms with Crippen LogP contribution in [0.1, 0.15) is 20.7 Å². The highest BCUT2D eigenvalue weighted by Gasteiger charge is 2.06. The number of hydrogen-bond acceptors (Lipinski definition) is 5. The second-order valence-corrected chi connectivity index (χ2v) is 7.66. The first-order chi connectivity index (χ1) is 8.93. The molecule has 0 atom stereocenters. The molecule has 2 aromatic heterocycles. The molecule has 0 saturated heterocycles. The van der Waals surface area contributed by atoms with E-state index in [0.29, 0.717) is 11.1 Å². The van der Waals surface area contributed by atoms with Crippen LogP contribution in [0.4, 0.5) is 0 Å². The van der Waals surface area contributed by atoms with Gasteiger partial charge < -0.3 is 9.84 Å². The number of carboxylic acid groups (broad SMARTS) is 1. The number of hydrogen-bond donors (Lipinski definition) is 1. The number of thiophene rings is 2. The van der Waals surface area contributed by atoms with Crippen LogP contribution in [0.25, 0.3) is 0 Å². The van der Waals surface area contributed by atoms with Gasteiger partial charge in [-0.15, -0.1) is 22.7 Å². The molecule has 0 aliphatic heterocycles. The number of esters is 1. The first-order valence-corrected chi connectivity index (χ1v) is 8.08. The summed E-state index contributed by atoms with van der Waals surface area (Å²) in [5.74, 6) is -1.17. The maximum Gasteiger partial charge on any atom is 0.338 e. The quantitative estimate of drug-likeness (QED) is 0.716. The van der Waals surface area contributed by atoms with Gasteiger partial charge in [0.15, 0.2) is 0 Å². The third kappa shape index (κ3) is 5.43. The average Bonchev–Trinajstić information content (AvgIpc) is 2.98. The second kappa shape index (κ2) is 7.78. The van der Waals surface area contributed by atoms with E-state index in [4.69, 9.17) is 5.11 Å². The molecule has 0 bridgehead atoms. The van der Waals surface area contributed by atoms with Gasteiger partial charge in [0.05, 0.1) is 25.8 Å². The first kappa shape index (κ1) is 16.4. The van der Waals surface area contributed by atoms with Crippen molar-refractivity contribution < 1.29 is 19.4 Å². The van der Waals surface area contributed by atoms with Crippen molar-refractivity contribution in [1.29, 1.82) is 0 Å². The summed E-state index contributed by atoms with van der Waals surface area (Å²) in [7, 11) is 1.37. The lowest BCUT2D eigenvalue weighted by atomic mass is 10.4. The molecule has 0 aliphatic rings. The highest BCUT2D eigenvalue weighted by molar-refractivity contribution is 9.11. The van der Waals surface area contributed by atoms with Crippen molar-refractivity contribution in [3.8, 4) is 0 Å². The Morgan fingerprint density at radius 2 is 1.58 bits per heavy atom. The van der Waals surface area contributed by atoms with Gasteiger partial charge in [-0.3, -0.25) is 0 Å². The van der Waals surface area contributed by atoms with Crippen molar-refractivity contribution in [2.45, 2.75) is 0 Å². The van der Waals surface area contributed by atoms with Crippen LogP contribution in [0, 0.1) is 0 Å². The minimum atomic E-state index is -0.878. The van der Waals surface area contributed by atoms with Crippen LogP contribution >= 0.6 is 54.5 Å². The van der Waals surface area contributed by atoms with Crippen molar-refractivity contribution in [2.24, 2.45) is 0 Å². The lowest BCUT2D eigenvalue weighted by Gasteiger charge is -1.90. The number of ether oxygens (including phenoxy) is 1. The van der Waals surface area contributed by atoms with Gasteiger partial charge >= 0.3 is 11.9 Å². The van der Waals surface area contributed by atoms with Crippen LogP contribution in [-0.2, 0) is 4.74 Å². The smallest absolute Gasteiger partial charge is 0.338 e. The summed E-state index contributed by atoms with van der Waals surface area (Å²) in [6, 6.07) is 3.31. The Morgan fingerprint density at radius 1 is 1.11 bits per heavy atom. The Balaban J connectivity index is 0.000000191. The van der Waals surface area contributed by atoms with Crippen LogP contribution in [0.5, 0.6) is 0 Å². The molecule has 2 aromatic rings. The number of halogens is 2. The molecule has 2 rings (SSSR count). The summed E-state index contributed by atoms with van der Waals surface area (Å²) in [4.78, 5) is 21.0. The third-order valence-corrected chi connectivity index (χ3v) is 4.81. The number of carbonyl (C=O) groups is 2. The largest absolute Gasteiger partial charge is 0.478 e. The fourth-order valence-electron chi connectivity index (χ4n) is 0.957. The van der Waals surface area contributed by atoms with Crippen molar-refractivity contribution >= 4 is 66.5 Å². The lowest BCUT2D eigenvalue weighted by molar-refractivity contribution is 0.0600. The Kier molecular flexibility index (Phi) is 6.70. The van der Waals surface area contributed by atoms with E-state index in [0.717, 1.165) is 7.57 Å². The molecule has 0 fully saturated rings. The van der Waals surface area contributed by atoms with E-state index in [2.05, 4.69) is 36.6 Å². The van der Waals surface area contributed by atoms with Crippen molar-refractivity contribution in [2.75, 3.05) is 7.11 Å². The van der Waals surface area contributed by atoms with Crippen molar-refractivity contribution in [3.05, 3.63) is 41.6 Å². The molecule has 0 amide bonds. The summed E-state index contributed by atoms with van der Waals surface area (Å²) in [6.45, 7) is 0. The zero-order chi connectivity index (χ0) is 14.4. The van der Waals surface area contributed by atoms with Crippen molar-refractivity contribution in [1.82, 2.24) is 0 Å². The van der Waals surface area contributed by atoms with E-state index in [1.54, 1.807) is 22.9 Å². The van der Waals surface area contributed by atoms with Gasteiger partial charge in [-0.2, -0.15) is 0 Å². The Bertz CT molecular complexity index is 577. The molecule has 2 heterocycles. The van der Waals surface area contributed by atoms with Gasteiger partial charge in [0.2, 0.25) is 0 Å². The van der Waals surface area contributed by atoms with E-state index in [-0.39, 0.29) is 5.97 Å². The van der Waals surface area contributed by atoms with E-state index in [9.17, 15) is 9.59 Å². The predicted molar refractivity (Wildman–Crippen MR) is 82.3 cm³/mol. The summed E-state index contributed by atoms with van der Waals surface area (Å²) in [5.41, 5.74) is 0.936. The topological polar surface area (TPSA) is 63.6 Å². The molecule has 0 aliphatic carbocycles. The van der Waals surface area contributed by atoms with Gasteiger partial charge in [-0.05, 0) is 44.0 Å². The van der Waals surface area contributed by atoms with Crippen molar-refractivity contribution in [3.63, 3.8) is 0 Å². The van der Waals surface area contributed by atoms with Crippen LogP contribution in [0.2, 0.25) is 0 Å². The summed E-state index contributed by atoms with van der Waals surface area (Å²) in [6.07, 6.45) is 0. The molecular weight excluding hydrogens is 420 g/mol. The fourth-order valence-corrected chi connectivity index (χ4v) is 3.21. The molecule has 0 spiro atoms. The SMILES string of the molecule is COC(=O)c1csc(Br)c1.O=C(O)c1csc(Br)c1. The van der Waals surface area contributed by atoms with E-state index in [1.165, 1.54) is 29.8 Å². The number of methoxy groups -OCH3 is 1. The monoisotopic (exact) mass is 426 g/mol. The summed E-state index contributed by atoms with van der Waals surface area (Å²) < 4.78 is 6.28. The molecule has 8 heteroatoms. The Morgan fingerprint density at radius 3 is 1.84 bits per heavy atom. The van der Waals surface area contributed by atoms with E-state index < -0.39 is 5.97 Å². The maximum atomic E-state index is 10.8. The molecule has 102 valence electrons. The lowest BCUT2D eigenvalue weighted by Crippen LogP contribution is -1.97. The Hall–Kier alpha value is -0.700. The molecule has 0 aromatic carbocycles. The minimum absolute atomic E-state index is 0.290. The number of carboxylic acids is 1. The summed E-state index contributed by atoms with van der Waals surface area (Å²) in [5, 5.41) is 11.7. The average molecular weight is 428 g/mol. The molecule has 19 heavy (non-hydrogen) atoms. The molecule has 0 unspecified atom stereocenters. The Labute approximate surface area is 134 Å². The number of rotatable bonds is 2.